The van der Waals surface area contributed by atoms with Crippen LogP contribution in [0.4, 0.5) is 5.69 Å². The van der Waals surface area contributed by atoms with Crippen molar-refractivity contribution in [3.05, 3.63) is 64.7 Å². The molecule has 1 unspecified atom stereocenters. The van der Waals surface area contributed by atoms with E-state index < -0.39 is 6.23 Å². The normalized spacial score (nSPS) is 12.5. The number of anilines is 1. The fourth-order valence-electron chi connectivity index (χ4n) is 2.80. The summed E-state index contributed by atoms with van der Waals surface area (Å²) in [6.45, 7) is 0. The highest BCUT2D eigenvalue weighted by atomic mass is 35.5. The highest BCUT2D eigenvalue weighted by molar-refractivity contribution is 6.35. The summed E-state index contributed by atoms with van der Waals surface area (Å²) >= 11 is 12.4. The van der Waals surface area contributed by atoms with Crippen molar-refractivity contribution in [1.29, 1.82) is 0 Å². The van der Waals surface area contributed by atoms with Crippen LogP contribution < -0.4 is 5.32 Å². The highest BCUT2D eigenvalue weighted by Gasteiger charge is 2.20. The van der Waals surface area contributed by atoms with Crippen LogP contribution in [-0.4, -0.2) is 29.5 Å². The summed E-state index contributed by atoms with van der Waals surface area (Å²) in [6, 6.07) is 6.97. The number of hydrogen-bond acceptors (Lipinski definition) is 5. The summed E-state index contributed by atoms with van der Waals surface area (Å²) < 4.78 is 3.26. The molecule has 0 spiro atoms. The molecule has 7 nitrogen and oxygen atoms in total. The first-order chi connectivity index (χ1) is 12.5. The van der Waals surface area contributed by atoms with Gasteiger partial charge in [0.1, 0.15) is 0 Å². The number of aryl methyl sites for hydroxylation is 1. The van der Waals surface area contributed by atoms with Crippen LogP contribution in [0.5, 0.6) is 0 Å². The largest absolute Gasteiger partial charge is 0.369 e. The van der Waals surface area contributed by atoms with Crippen LogP contribution in [0.15, 0.2) is 49.1 Å². The molecular weight excluding hydrogens is 375 g/mol. The van der Waals surface area contributed by atoms with Crippen LogP contribution >= 0.6 is 23.2 Å². The van der Waals surface area contributed by atoms with Crippen LogP contribution in [0.25, 0.3) is 16.9 Å². The smallest absolute Gasteiger partial charge is 0.162 e. The molecule has 0 fully saturated rings. The number of fused-ring (bicyclic) bond motifs is 1. The van der Waals surface area contributed by atoms with Crippen molar-refractivity contribution in [1.82, 2.24) is 24.4 Å². The van der Waals surface area contributed by atoms with E-state index in [1.807, 2.05) is 0 Å². The van der Waals surface area contributed by atoms with Gasteiger partial charge in [-0.05, 0) is 24.3 Å². The lowest BCUT2D eigenvalue weighted by Gasteiger charge is -2.14. The van der Waals surface area contributed by atoms with Crippen molar-refractivity contribution in [2.75, 3.05) is 5.32 Å². The van der Waals surface area contributed by atoms with Gasteiger partial charge >= 0.3 is 0 Å². The van der Waals surface area contributed by atoms with E-state index in [9.17, 15) is 5.11 Å². The van der Waals surface area contributed by atoms with Gasteiger partial charge in [0.2, 0.25) is 0 Å². The van der Waals surface area contributed by atoms with Crippen LogP contribution in [0.2, 0.25) is 10.0 Å². The number of aliphatic hydroxyl groups is 1. The Morgan fingerprint density at radius 1 is 1.19 bits per heavy atom. The van der Waals surface area contributed by atoms with E-state index >= 15 is 0 Å². The third kappa shape index (κ3) is 2.90. The molecule has 2 N–H and O–H groups in total. The zero-order chi connectivity index (χ0) is 18.3. The molecule has 1 atom stereocenters. The van der Waals surface area contributed by atoms with Crippen molar-refractivity contribution < 1.29 is 5.11 Å². The Morgan fingerprint density at radius 3 is 2.88 bits per heavy atom. The molecule has 0 saturated heterocycles. The molecule has 0 aliphatic heterocycles. The number of aromatic nitrogens is 5. The van der Waals surface area contributed by atoms with Crippen LogP contribution in [0.3, 0.4) is 0 Å². The molecule has 4 rings (SSSR count). The lowest BCUT2D eigenvalue weighted by molar-refractivity contribution is 0.209. The van der Waals surface area contributed by atoms with Gasteiger partial charge in [-0.3, -0.25) is 4.68 Å². The van der Waals surface area contributed by atoms with E-state index in [1.165, 1.54) is 0 Å². The molecule has 1 aromatic carbocycles. The van der Waals surface area contributed by atoms with Gasteiger partial charge in [0, 0.05) is 30.0 Å². The molecule has 0 aliphatic rings. The summed E-state index contributed by atoms with van der Waals surface area (Å²) in [5, 5.41) is 23.3. The van der Waals surface area contributed by atoms with Crippen molar-refractivity contribution in [2.24, 2.45) is 7.05 Å². The number of nitrogens with zero attached hydrogens (tertiary/aromatic N) is 5. The maximum Gasteiger partial charge on any atom is 0.162 e. The lowest BCUT2D eigenvalue weighted by Crippen LogP contribution is -2.10. The van der Waals surface area contributed by atoms with Gasteiger partial charge < -0.3 is 10.4 Å². The van der Waals surface area contributed by atoms with Gasteiger partial charge in [-0.15, -0.1) is 0 Å². The number of halogens is 2. The molecule has 132 valence electrons. The molecule has 0 radical (unpaired) electrons. The van der Waals surface area contributed by atoms with Crippen molar-refractivity contribution in [2.45, 2.75) is 6.23 Å². The van der Waals surface area contributed by atoms with Gasteiger partial charge in [-0.2, -0.15) is 10.2 Å². The average molecular weight is 389 g/mol. The second-order valence-electron chi connectivity index (χ2n) is 5.69. The second kappa shape index (κ2) is 6.60. The van der Waals surface area contributed by atoms with Gasteiger partial charge in [0.05, 0.1) is 34.4 Å². The first-order valence-electron chi connectivity index (χ1n) is 7.75. The molecule has 9 heteroatoms. The van der Waals surface area contributed by atoms with E-state index in [-0.39, 0.29) is 0 Å². The van der Waals surface area contributed by atoms with E-state index in [0.717, 1.165) is 0 Å². The predicted octanol–water partition coefficient (Wildman–Crippen LogP) is 3.54. The Bertz CT molecular complexity index is 1090. The Hall–Kier alpha value is -2.61. The van der Waals surface area contributed by atoms with Gasteiger partial charge in [0.25, 0.3) is 0 Å². The zero-order valence-electron chi connectivity index (χ0n) is 13.6. The maximum absolute atomic E-state index is 10.7. The fourth-order valence-corrected chi connectivity index (χ4v) is 3.18. The second-order valence-corrected chi connectivity index (χ2v) is 6.53. The van der Waals surface area contributed by atoms with Gasteiger partial charge in [0.15, 0.2) is 11.9 Å². The average Bonchev–Trinajstić information content (AvgIpc) is 3.21. The topological polar surface area (TPSA) is 80.3 Å². The maximum atomic E-state index is 10.7. The molecule has 0 bridgehead atoms. The molecule has 3 heterocycles. The van der Waals surface area contributed by atoms with Crippen LogP contribution in [-0.2, 0) is 7.05 Å². The summed E-state index contributed by atoms with van der Waals surface area (Å²) in [7, 11) is 1.79. The Labute approximate surface area is 158 Å². The molecule has 26 heavy (non-hydrogen) atoms. The fraction of sp³-hybridized carbons (Fsp3) is 0.118. The van der Waals surface area contributed by atoms with E-state index in [4.69, 9.17) is 23.2 Å². The van der Waals surface area contributed by atoms with Crippen LogP contribution in [0.1, 0.15) is 11.8 Å². The first-order valence-corrected chi connectivity index (χ1v) is 8.50. The van der Waals surface area contributed by atoms with E-state index in [2.05, 4.69) is 20.5 Å². The minimum absolute atomic E-state index is 0.535. The third-order valence-electron chi connectivity index (χ3n) is 4.02. The standard InChI is InChI=1S/C17H14Cl2N6O/c1-24-15(11-7-10(18)3-4-13(11)19)14(9-21-24)23-17(26)12-8-22-25-6-2-5-20-16(12)25/h2-9,17,23,26H,1H3. The third-order valence-corrected chi connectivity index (χ3v) is 4.58. The minimum atomic E-state index is -1.02. The summed E-state index contributed by atoms with van der Waals surface area (Å²) in [5.41, 5.74) is 3.16. The molecule has 4 aromatic rings. The highest BCUT2D eigenvalue weighted by Crippen LogP contribution is 2.36. The molecule has 0 saturated carbocycles. The Kier molecular flexibility index (Phi) is 4.28. The molecule has 0 amide bonds. The van der Waals surface area contributed by atoms with Crippen molar-refractivity contribution in [3.8, 4) is 11.3 Å². The monoisotopic (exact) mass is 388 g/mol. The number of nitrogens with one attached hydrogen (secondary N) is 1. The summed E-state index contributed by atoms with van der Waals surface area (Å²) in [4.78, 5) is 4.26. The number of aliphatic hydroxyl groups excluding tert-OH is 1. The van der Waals surface area contributed by atoms with Crippen molar-refractivity contribution in [3.63, 3.8) is 0 Å². The number of benzene rings is 1. The summed E-state index contributed by atoms with van der Waals surface area (Å²) in [6.07, 6.45) is 5.58. The van der Waals surface area contributed by atoms with E-state index in [0.29, 0.717) is 38.2 Å². The Morgan fingerprint density at radius 2 is 2.04 bits per heavy atom. The van der Waals surface area contributed by atoms with E-state index in [1.54, 1.807) is 65.3 Å². The quantitative estimate of drug-likeness (QED) is 0.522. The Balaban J connectivity index is 1.72. The zero-order valence-corrected chi connectivity index (χ0v) is 15.1. The summed E-state index contributed by atoms with van der Waals surface area (Å²) in [5.74, 6) is 0. The van der Waals surface area contributed by atoms with Crippen molar-refractivity contribution >= 4 is 34.5 Å². The lowest BCUT2D eigenvalue weighted by atomic mass is 10.1. The van der Waals surface area contributed by atoms with Gasteiger partial charge in [-0.25, -0.2) is 9.50 Å². The SMILES string of the molecule is Cn1ncc(NC(O)c2cnn3cccnc23)c1-c1cc(Cl)ccc1Cl. The predicted molar refractivity (Wildman–Crippen MR) is 100 cm³/mol. The van der Waals surface area contributed by atoms with Gasteiger partial charge in [-0.1, -0.05) is 23.2 Å². The number of rotatable bonds is 4. The van der Waals surface area contributed by atoms with Crippen LogP contribution in [0, 0.1) is 0 Å². The first kappa shape index (κ1) is 16.8. The number of hydrogen-bond donors (Lipinski definition) is 2. The minimum Gasteiger partial charge on any atom is -0.369 e. The molecular formula is C17H14Cl2N6O. The molecule has 3 aromatic heterocycles. The molecule has 0 aliphatic carbocycles.